The van der Waals surface area contributed by atoms with Crippen molar-refractivity contribution >= 4 is 15.7 Å². The summed E-state index contributed by atoms with van der Waals surface area (Å²) in [6.07, 6.45) is 6.62. The van der Waals surface area contributed by atoms with E-state index in [1.54, 1.807) is 0 Å². The zero-order valence-electron chi connectivity index (χ0n) is 13.8. The van der Waals surface area contributed by atoms with Crippen LogP contribution in [0, 0.1) is 5.92 Å². The Morgan fingerprint density at radius 3 is 2.36 bits per heavy atom. The van der Waals surface area contributed by atoms with E-state index in [0.29, 0.717) is 19.4 Å². The lowest BCUT2D eigenvalue weighted by atomic mass is 10.0. The second-order valence-corrected chi connectivity index (χ2v) is 9.40. The van der Waals surface area contributed by atoms with Gasteiger partial charge in [-0.15, -0.1) is 0 Å². The van der Waals surface area contributed by atoms with Gasteiger partial charge in [-0.2, -0.15) is 0 Å². The molecule has 1 saturated carbocycles. The van der Waals surface area contributed by atoms with Crippen LogP contribution in [-0.4, -0.2) is 44.0 Å². The Hall–Kier alpha value is -0.620. The van der Waals surface area contributed by atoms with Crippen LogP contribution in [0.25, 0.3) is 0 Å². The molecule has 1 aliphatic heterocycles. The lowest BCUT2D eigenvalue weighted by Crippen LogP contribution is -2.49. The molecule has 128 valence electrons. The van der Waals surface area contributed by atoms with Gasteiger partial charge in [-0.1, -0.05) is 33.1 Å². The molecule has 0 aromatic rings. The highest BCUT2D eigenvalue weighted by atomic mass is 32.2. The van der Waals surface area contributed by atoms with Crippen molar-refractivity contribution in [3.63, 3.8) is 0 Å². The monoisotopic (exact) mass is 330 g/mol. The van der Waals surface area contributed by atoms with Crippen LogP contribution >= 0.6 is 0 Å². The van der Waals surface area contributed by atoms with E-state index in [1.807, 2.05) is 13.8 Å². The summed E-state index contributed by atoms with van der Waals surface area (Å²) in [5.41, 5.74) is 0. The van der Waals surface area contributed by atoms with Crippen molar-refractivity contribution in [2.45, 2.75) is 75.3 Å². The van der Waals surface area contributed by atoms with Gasteiger partial charge in [0.05, 0.1) is 5.25 Å². The molecule has 22 heavy (non-hydrogen) atoms. The highest BCUT2D eigenvalue weighted by Crippen LogP contribution is 2.29. The van der Waals surface area contributed by atoms with Crippen LogP contribution in [0.5, 0.6) is 0 Å². The van der Waals surface area contributed by atoms with E-state index < -0.39 is 15.1 Å². The fourth-order valence-corrected chi connectivity index (χ4v) is 6.23. The van der Waals surface area contributed by atoms with Gasteiger partial charge in [0, 0.05) is 12.6 Å². The van der Waals surface area contributed by atoms with Crippen molar-refractivity contribution in [2.24, 2.45) is 5.92 Å². The summed E-state index contributed by atoms with van der Waals surface area (Å²) in [6, 6.07) is 0.286. The largest absolute Gasteiger partial charge is 0.353 e. The summed E-state index contributed by atoms with van der Waals surface area (Å²) in [7, 11) is -3.40. The molecule has 2 N–H and O–H groups in total. The minimum Gasteiger partial charge on any atom is -0.353 e. The number of rotatable bonds is 6. The molecule has 2 aliphatic rings. The molecule has 2 unspecified atom stereocenters. The predicted octanol–water partition coefficient (Wildman–Crippen LogP) is 1.63. The van der Waals surface area contributed by atoms with E-state index in [-0.39, 0.29) is 23.1 Å². The normalized spacial score (nSPS) is 25.3. The fourth-order valence-electron chi connectivity index (χ4n) is 3.69. The molecule has 1 amide bonds. The summed E-state index contributed by atoms with van der Waals surface area (Å²) in [5, 5.41) is 4.95. The van der Waals surface area contributed by atoms with Crippen molar-refractivity contribution in [3.8, 4) is 0 Å². The molecule has 6 heteroatoms. The second-order valence-electron chi connectivity index (χ2n) is 7.05. The van der Waals surface area contributed by atoms with Gasteiger partial charge in [0.25, 0.3) is 0 Å². The third-order valence-electron chi connectivity index (χ3n) is 4.92. The summed E-state index contributed by atoms with van der Waals surface area (Å²) >= 11 is 0. The van der Waals surface area contributed by atoms with Crippen LogP contribution in [0.15, 0.2) is 0 Å². The molecule has 2 atom stereocenters. The number of sulfone groups is 1. The predicted molar refractivity (Wildman–Crippen MR) is 88.5 cm³/mol. The highest BCUT2D eigenvalue weighted by molar-refractivity contribution is 7.93. The number of nitrogens with one attached hydrogen (secondary N) is 2. The van der Waals surface area contributed by atoms with E-state index in [2.05, 4.69) is 10.6 Å². The minimum absolute atomic E-state index is 0.191. The molecule has 2 rings (SSSR count). The van der Waals surface area contributed by atoms with Crippen molar-refractivity contribution in [3.05, 3.63) is 0 Å². The van der Waals surface area contributed by atoms with Crippen LogP contribution in [0.3, 0.4) is 0 Å². The Labute approximate surface area is 134 Å². The van der Waals surface area contributed by atoms with Crippen molar-refractivity contribution < 1.29 is 13.2 Å². The van der Waals surface area contributed by atoms with Gasteiger partial charge in [-0.05, 0) is 38.1 Å². The second kappa shape index (κ2) is 7.77. The smallest absolute Gasteiger partial charge is 0.238 e. The average Bonchev–Trinajstić information content (AvgIpc) is 2.99. The van der Waals surface area contributed by atoms with Crippen molar-refractivity contribution in [1.29, 1.82) is 0 Å². The molecule has 0 radical (unpaired) electrons. The quantitative estimate of drug-likeness (QED) is 0.776. The maximum Gasteiger partial charge on any atom is 0.238 e. The first-order chi connectivity index (χ1) is 10.4. The maximum atomic E-state index is 12.9. The van der Waals surface area contributed by atoms with Gasteiger partial charge in [0.2, 0.25) is 5.91 Å². The SMILES string of the molecule is CC(C)C(C(=O)NCC1CCCN1)S(=O)(=O)C1CCCCC1. The van der Waals surface area contributed by atoms with Gasteiger partial charge in [-0.3, -0.25) is 4.79 Å². The average molecular weight is 330 g/mol. The molecular weight excluding hydrogens is 300 g/mol. The van der Waals surface area contributed by atoms with Crippen LogP contribution in [-0.2, 0) is 14.6 Å². The van der Waals surface area contributed by atoms with E-state index in [0.717, 1.165) is 38.6 Å². The number of amides is 1. The highest BCUT2D eigenvalue weighted by Gasteiger charge is 2.41. The molecule has 0 spiro atoms. The molecule has 0 aromatic carbocycles. The minimum atomic E-state index is -3.40. The first-order valence-electron chi connectivity index (χ1n) is 8.66. The molecule has 5 nitrogen and oxygen atoms in total. The van der Waals surface area contributed by atoms with E-state index in [1.165, 1.54) is 0 Å². The van der Waals surface area contributed by atoms with E-state index >= 15 is 0 Å². The van der Waals surface area contributed by atoms with Gasteiger partial charge in [-0.25, -0.2) is 8.42 Å². The van der Waals surface area contributed by atoms with Crippen molar-refractivity contribution in [2.75, 3.05) is 13.1 Å². The summed E-state index contributed by atoms with van der Waals surface area (Å²) in [6.45, 7) is 5.17. The zero-order chi connectivity index (χ0) is 16.2. The van der Waals surface area contributed by atoms with Gasteiger partial charge in [0.15, 0.2) is 9.84 Å². The summed E-state index contributed by atoms with van der Waals surface area (Å²) in [4.78, 5) is 12.5. The molecular formula is C16H30N2O3S. The Bertz CT molecular complexity index is 464. The number of carbonyl (C=O) groups is 1. The summed E-state index contributed by atoms with van der Waals surface area (Å²) in [5.74, 6) is -0.502. The van der Waals surface area contributed by atoms with Gasteiger partial charge < -0.3 is 10.6 Å². The van der Waals surface area contributed by atoms with E-state index in [9.17, 15) is 13.2 Å². The van der Waals surface area contributed by atoms with Gasteiger partial charge >= 0.3 is 0 Å². The molecule has 1 saturated heterocycles. The lowest BCUT2D eigenvalue weighted by molar-refractivity contribution is -0.121. The molecule has 0 aromatic heterocycles. The maximum absolute atomic E-state index is 12.9. The third-order valence-corrected chi connectivity index (χ3v) is 7.79. The Kier molecular flexibility index (Phi) is 6.26. The van der Waals surface area contributed by atoms with E-state index in [4.69, 9.17) is 0 Å². The molecule has 2 fully saturated rings. The molecule has 0 bridgehead atoms. The first-order valence-corrected chi connectivity index (χ1v) is 10.3. The van der Waals surface area contributed by atoms with Crippen LogP contribution < -0.4 is 10.6 Å². The molecule has 1 aliphatic carbocycles. The number of hydrogen-bond acceptors (Lipinski definition) is 4. The molecule has 1 heterocycles. The van der Waals surface area contributed by atoms with Crippen LogP contribution in [0.1, 0.15) is 58.8 Å². The number of carbonyl (C=O) groups excluding carboxylic acids is 1. The summed E-state index contributed by atoms with van der Waals surface area (Å²) < 4.78 is 25.8. The Morgan fingerprint density at radius 1 is 1.14 bits per heavy atom. The topological polar surface area (TPSA) is 75.3 Å². The standard InChI is InChI=1S/C16H30N2O3S/c1-12(2)15(16(19)18-11-13-7-6-10-17-13)22(20,21)14-8-4-3-5-9-14/h12-15,17H,3-11H2,1-2H3,(H,18,19). The van der Waals surface area contributed by atoms with Gasteiger partial charge in [0.1, 0.15) is 5.25 Å². The fraction of sp³-hybridized carbons (Fsp3) is 0.938. The number of hydrogen-bond donors (Lipinski definition) is 2. The Balaban J connectivity index is 2.02. The lowest BCUT2D eigenvalue weighted by Gasteiger charge is -2.28. The first kappa shape index (κ1) is 17.7. The third kappa shape index (κ3) is 4.22. The zero-order valence-corrected chi connectivity index (χ0v) is 14.6. The van der Waals surface area contributed by atoms with Crippen LogP contribution in [0.2, 0.25) is 0 Å². The van der Waals surface area contributed by atoms with Crippen LogP contribution in [0.4, 0.5) is 0 Å². The van der Waals surface area contributed by atoms with Crippen molar-refractivity contribution in [1.82, 2.24) is 10.6 Å². The Morgan fingerprint density at radius 2 is 1.82 bits per heavy atom.